The number of aromatic nitrogens is 4. The van der Waals surface area contributed by atoms with E-state index in [1.807, 2.05) is 48.2 Å². The number of benzene rings is 1. The van der Waals surface area contributed by atoms with Gasteiger partial charge in [-0.2, -0.15) is 0 Å². The van der Waals surface area contributed by atoms with E-state index in [4.69, 9.17) is 9.15 Å². The van der Waals surface area contributed by atoms with Crippen LogP contribution >= 0.6 is 0 Å². The molecule has 0 radical (unpaired) electrons. The van der Waals surface area contributed by atoms with E-state index < -0.39 is 0 Å². The molecule has 158 valence electrons. The average Bonchev–Trinajstić information content (AvgIpc) is 3.46. The first-order valence-electron chi connectivity index (χ1n) is 10.3. The Labute approximate surface area is 179 Å². The van der Waals surface area contributed by atoms with Crippen LogP contribution in [0, 0.1) is 6.92 Å². The Morgan fingerprint density at radius 2 is 2.16 bits per heavy atom. The van der Waals surface area contributed by atoms with Crippen molar-refractivity contribution >= 4 is 16.8 Å². The number of amides is 1. The van der Waals surface area contributed by atoms with Crippen molar-refractivity contribution < 1.29 is 13.9 Å². The summed E-state index contributed by atoms with van der Waals surface area (Å²) in [4.78, 5) is 22.5. The number of pyridine rings is 1. The molecule has 5 rings (SSSR count). The van der Waals surface area contributed by atoms with Gasteiger partial charge >= 0.3 is 0 Å². The highest BCUT2D eigenvalue weighted by atomic mass is 16.5. The van der Waals surface area contributed by atoms with Gasteiger partial charge in [-0.15, -0.1) is 10.2 Å². The SMILES string of the molecule is COc1cccc2[nH]c(C(=O)N3CCC[C@@H](c4nnc(-c5ccc(C)nc5)o4)C3)cc12. The van der Waals surface area contributed by atoms with Crippen LogP contribution in [0.15, 0.2) is 47.0 Å². The lowest BCUT2D eigenvalue weighted by molar-refractivity contribution is 0.0693. The van der Waals surface area contributed by atoms with Gasteiger partial charge in [0.15, 0.2) is 0 Å². The number of carbonyl (C=O) groups is 1. The number of aromatic amines is 1. The molecule has 1 aromatic carbocycles. The number of H-pyrrole nitrogens is 1. The van der Waals surface area contributed by atoms with Gasteiger partial charge in [-0.05, 0) is 50.1 Å². The fourth-order valence-electron chi connectivity index (χ4n) is 4.06. The molecule has 0 saturated carbocycles. The molecule has 1 saturated heterocycles. The Morgan fingerprint density at radius 3 is 2.97 bits per heavy atom. The zero-order chi connectivity index (χ0) is 21.4. The molecule has 1 atom stereocenters. The third kappa shape index (κ3) is 3.65. The summed E-state index contributed by atoms with van der Waals surface area (Å²) in [7, 11) is 1.63. The fraction of sp³-hybridized carbons (Fsp3) is 0.304. The minimum atomic E-state index is -0.0366. The predicted octanol–water partition coefficient (Wildman–Crippen LogP) is 3.95. The number of carbonyl (C=O) groups excluding carboxylic acids is 1. The van der Waals surface area contributed by atoms with Gasteiger partial charge in [0.1, 0.15) is 11.4 Å². The molecule has 8 nitrogen and oxygen atoms in total. The van der Waals surface area contributed by atoms with Crippen LogP contribution in [0.4, 0.5) is 0 Å². The van der Waals surface area contributed by atoms with Crippen LogP contribution in [0.25, 0.3) is 22.4 Å². The first-order valence-corrected chi connectivity index (χ1v) is 10.3. The number of likely N-dealkylation sites (tertiary alicyclic amines) is 1. The standard InChI is InChI=1S/C23H23N5O3/c1-14-8-9-15(12-24-14)21-26-27-22(31-21)16-5-4-10-28(13-16)23(29)19-11-17-18(25-19)6-3-7-20(17)30-2/h3,6-9,11-12,16,25H,4-5,10,13H2,1-2H3/t16-/m1/s1. The van der Waals surface area contributed by atoms with E-state index in [0.29, 0.717) is 30.6 Å². The average molecular weight is 417 g/mol. The molecule has 0 bridgehead atoms. The molecule has 1 amide bonds. The first kappa shape index (κ1) is 19.3. The van der Waals surface area contributed by atoms with Crippen molar-refractivity contribution in [3.8, 4) is 17.2 Å². The third-order valence-corrected chi connectivity index (χ3v) is 5.73. The minimum absolute atomic E-state index is 0.0104. The Hall–Kier alpha value is -3.68. The van der Waals surface area contributed by atoms with E-state index in [-0.39, 0.29) is 11.8 Å². The van der Waals surface area contributed by atoms with Crippen molar-refractivity contribution in [2.24, 2.45) is 0 Å². The summed E-state index contributed by atoms with van der Waals surface area (Å²) in [6.07, 6.45) is 3.51. The van der Waals surface area contributed by atoms with Crippen molar-refractivity contribution in [3.05, 3.63) is 59.9 Å². The highest BCUT2D eigenvalue weighted by molar-refractivity contribution is 5.99. The molecule has 1 aliphatic rings. The van der Waals surface area contributed by atoms with Gasteiger partial charge in [-0.3, -0.25) is 9.78 Å². The van der Waals surface area contributed by atoms with E-state index in [2.05, 4.69) is 20.2 Å². The Morgan fingerprint density at radius 1 is 1.26 bits per heavy atom. The number of hydrogen-bond acceptors (Lipinski definition) is 6. The second-order valence-electron chi connectivity index (χ2n) is 7.83. The third-order valence-electron chi connectivity index (χ3n) is 5.73. The number of fused-ring (bicyclic) bond motifs is 1. The lowest BCUT2D eigenvalue weighted by atomic mass is 9.98. The maximum absolute atomic E-state index is 13.2. The van der Waals surface area contributed by atoms with Crippen LogP contribution in [0.5, 0.6) is 5.75 Å². The molecule has 1 fully saturated rings. The van der Waals surface area contributed by atoms with Gasteiger partial charge < -0.3 is 19.0 Å². The number of ether oxygens (including phenoxy) is 1. The van der Waals surface area contributed by atoms with Crippen LogP contribution in [0.2, 0.25) is 0 Å². The Bertz CT molecular complexity index is 1230. The maximum Gasteiger partial charge on any atom is 0.270 e. The van der Waals surface area contributed by atoms with Gasteiger partial charge in [0.25, 0.3) is 5.91 Å². The molecule has 4 aromatic rings. The van der Waals surface area contributed by atoms with Gasteiger partial charge in [-0.1, -0.05) is 6.07 Å². The second kappa shape index (κ2) is 7.86. The van der Waals surface area contributed by atoms with Crippen molar-refractivity contribution in [3.63, 3.8) is 0 Å². The predicted molar refractivity (Wildman–Crippen MR) is 115 cm³/mol. The number of nitrogens with one attached hydrogen (secondary N) is 1. The van der Waals surface area contributed by atoms with Crippen LogP contribution in [-0.2, 0) is 0 Å². The monoisotopic (exact) mass is 417 g/mol. The van der Waals surface area contributed by atoms with E-state index in [1.54, 1.807) is 13.3 Å². The Kier molecular flexibility index (Phi) is 4.89. The number of nitrogens with zero attached hydrogens (tertiary/aromatic N) is 4. The number of hydrogen-bond donors (Lipinski definition) is 1. The lowest BCUT2D eigenvalue weighted by Crippen LogP contribution is -2.39. The van der Waals surface area contributed by atoms with Crippen molar-refractivity contribution in [2.45, 2.75) is 25.7 Å². The highest BCUT2D eigenvalue weighted by Crippen LogP contribution is 2.30. The highest BCUT2D eigenvalue weighted by Gasteiger charge is 2.30. The second-order valence-corrected chi connectivity index (χ2v) is 7.83. The maximum atomic E-state index is 13.2. The number of rotatable bonds is 4. The summed E-state index contributed by atoms with van der Waals surface area (Å²) in [5, 5.41) is 9.34. The lowest BCUT2D eigenvalue weighted by Gasteiger charge is -2.30. The summed E-state index contributed by atoms with van der Waals surface area (Å²) in [5.74, 6) is 1.73. The molecule has 0 aliphatic carbocycles. The summed E-state index contributed by atoms with van der Waals surface area (Å²) in [5.41, 5.74) is 3.15. The summed E-state index contributed by atoms with van der Waals surface area (Å²) < 4.78 is 11.3. The van der Waals surface area contributed by atoms with Crippen LogP contribution in [0.3, 0.4) is 0 Å². The molecule has 31 heavy (non-hydrogen) atoms. The summed E-state index contributed by atoms with van der Waals surface area (Å²) in [6.45, 7) is 3.17. The molecule has 8 heteroatoms. The van der Waals surface area contributed by atoms with E-state index in [1.165, 1.54) is 0 Å². The van der Waals surface area contributed by atoms with Gasteiger partial charge in [-0.25, -0.2) is 0 Å². The van der Waals surface area contributed by atoms with Crippen molar-refractivity contribution in [1.29, 1.82) is 0 Å². The fourth-order valence-corrected chi connectivity index (χ4v) is 4.06. The molecule has 4 heterocycles. The normalized spacial score (nSPS) is 16.6. The van der Waals surface area contributed by atoms with Crippen LogP contribution in [0.1, 0.15) is 40.8 Å². The molecule has 3 aromatic heterocycles. The van der Waals surface area contributed by atoms with Crippen molar-refractivity contribution in [1.82, 2.24) is 25.1 Å². The summed E-state index contributed by atoms with van der Waals surface area (Å²) >= 11 is 0. The molecule has 1 N–H and O–H groups in total. The topological polar surface area (TPSA) is 97.1 Å². The molecular weight excluding hydrogens is 394 g/mol. The summed E-state index contributed by atoms with van der Waals surface area (Å²) in [6, 6.07) is 11.4. The smallest absolute Gasteiger partial charge is 0.270 e. The van der Waals surface area contributed by atoms with Crippen LogP contribution in [-0.4, -0.2) is 51.2 Å². The van der Waals surface area contributed by atoms with Gasteiger partial charge in [0.05, 0.1) is 18.6 Å². The number of methoxy groups -OCH3 is 1. The molecule has 0 spiro atoms. The number of aryl methyl sites for hydroxylation is 1. The number of piperidine rings is 1. The largest absolute Gasteiger partial charge is 0.496 e. The van der Waals surface area contributed by atoms with E-state index in [0.717, 1.165) is 40.8 Å². The zero-order valence-electron chi connectivity index (χ0n) is 17.5. The molecular formula is C23H23N5O3. The van der Waals surface area contributed by atoms with E-state index >= 15 is 0 Å². The first-order chi connectivity index (χ1) is 15.1. The van der Waals surface area contributed by atoms with Gasteiger partial charge in [0, 0.05) is 35.9 Å². The Balaban J connectivity index is 1.35. The van der Waals surface area contributed by atoms with Crippen molar-refractivity contribution in [2.75, 3.05) is 20.2 Å². The zero-order valence-corrected chi connectivity index (χ0v) is 17.5. The van der Waals surface area contributed by atoms with Gasteiger partial charge in [0.2, 0.25) is 11.8 Å². The quantitative estimate of drug-likeness (QED) is 0.540. The minimum Gasteiger partial charge on any atom is -0.496 e. The van der Waals surface area contributed by atoms with Crippen LogP contribution < -0.4 is 4.74 Å². The molecule has 0 unspecified atom stereocenters. The molecule has 1 aliphatic heterocycles. The van der Waals surface area contributed by atoms with E-state index in [9.17, 15) is 4.79 Å².